The lowest BCUT2D eigenvalue weighted by atomic mass is 10.2. The van der Waals surface area contributed by atoms with Gasteiger partial charge in [0.15, 0.2) is 6.61 Å². The summed E-state index contributed by atoms with van der Waals surface area (Å²) >= 11 is 0. The predicted molar refractivity (Wildman–Crippen MR) is 48.4 cm³/mol. The quantitative estimate of drug-likeness (QED) is 0.847. The van der Waals surface area contributed by atoms with Crippen LogP contribution in [-0.4, -0.2) is 17.8 Å². The number of nitrogens with zero attached hydrogens (tertiary/aromatic N) is 1. The highest BCUT2D eigenvalue weighted by Gasteiger charge is 2.28. The van der Waals surface area contributed by atoms with Crippen LogP contribution in [0.2, 0.25) is 0 Å². The number of aromatic nitrogens is 1. The molecule has 1 heterocycles. The van der Waals surface area contributed by atoms with Gasteiger partial charge in [0.1, 0.15) is 0 Å². The highest BCUT2D eigenvalue weighted by Crippen LogP contribution is 2.17. The van der Waals surface area contributed by atoms with Crippen LogP contribution >= 0.6 is 0 Å². The van der Waals surface area contributed by atoms with Gasteiger partial charge in [-0.1, -0.05) is 6.07 Å². The van der Waals surface area contributed by atoms with Gasteiger partial charge in [0.25, 0.3) is 0 Å². The Morgan fingerprint density at radius 1 is 1.47 bits per heavy atom. The maximum atomic E-state index is 11.8. The zero-order chi connectivity index (χ0) is 11.5. The highest BCUT2D eigenvalue weighted by molar-refractivity contribution is 5.19. The zero-order valence-electron chi connectivity index (χ0n) is 8.08. The molecule has 15 heavy (non-hydrogen) atoms. The molecule has 0 aromatic carbocycles. The summed E-state index contributed by atoms with van der Waals surface area (Å²) in [6.45, 7) is 0.421. The summed E-state index contributed by atoms with van der Waals surface area (Å²) in [5.74, 6) is -0.0586. The number of pyridine rings is 1. The van der Waals surface area contributed by atoms with Gasteiger partial charge in [0, 0.05) is 18.3 Å². The minimum Gasteiger partial charge on any atom is -0.468 e. The van der Waals surface area contributed by atoms with E-state index in [0.717, 1.165) is 5.56 Å². The molecule has 1 rings (SSSR count). The van der Waals surface area contributed by atoms with Crippen LogP contribution in [0.25, 0.3) is 0 Å². The van der Waals surface area contributed by atoms with E-state index in [1.54, 1.807) is 13.0 Å². The molecule has 0 aliphatic carbocycles. The standard InChI is InChI=1S/C9H11F3N2O/c1-6(13)7-2-3-8(14-4-7)15-5-9(10,11)12/h2-4,6H,5,13H2,1H3/t6-/m0/s1. The molecule has 84 valence electrons. The van der Waals surface area contributed by atoms with E-state index in [-0.39, 0.29) is 11.9 Å². The summed E-state index contributed by atoms with van der Waals surface area (Å²) in [7, 11) is 0. The van der Waals surface area contributed by atoms with Crippen molar-refractivity contribution in [1.82, 2.24) is 4.98 Å². The number of alkyl halides is 3. The molecule has 3 nitrogen and oxygen atoms in total. The summed E-state index contributed by atoms with van der Waals surface area (Å²) in [6.07, 6.45) is -2.95. The first-order valence-corrected chi connectivity index (χ1v) is 4.29. The topological polar surface area (TPSA) is 48.1 Å². The first-order chi connectivity index (χ1) is 6.88. The lowest BCUT2D eigenvalue weighted by Crippen LogP contribution is -2.19. The molecule has 2 N–H and O–H groups in total. The lowest BCUT2D eigenvalue weighted by Gasteiger charge is -2.09. The van der Waals surface area contributed by atoms with Crippen LogP contribution in [0.1, 0.15) is 18.5 Å². The van der Waals surface area contributed by atoms with Crippen LogP contribution in [-0.2, 0) is 0 Å². The molecule has 0 saturated carbocycles. The predicted octanol–water partition coefficient (Wildman–Crippen LogP) is 2.04. The number of ether oxygens (including phenoxy) is 1. The Kier molecular flexibility index (Phi) is 3.52. The largest absolute Gasteiger partial charge is 0.468 e. The van der Waals surface area contributed by atoms with Crippen LogP contribution in [0.4, 0.5) is 13.2 Å². The van der Waals surface area contributed by atoms with Gasteiger partial charge in [-0.2, -0.15) is 13.2 Å². The third kappa shape index (κ3) is 4.16. The summed E-state index contributed by atoms with van der Waals surface area (Å²) in [5.41, 5.74) is 6.29. The Morgan fingerprint density at radius 2 is 2.13 bits per heavy atom. The summed E-state index contributed by atoms with van der Waals surface area (Å²) < 4.78 is 39.8. The van der Waals surface area contributed by atoms with E-state index in [4.69, 9.17) is 5.73 Å². The molecule has 0 fully saturated rings. The fourth-order valence-corrected chi connectivity index (χ4v) is 0.902. The van der Waals surface area contributed by atoms with Crippen molar-refractivity contribution in [3.63, 3.8) is 0 Å². The van der Waals surface area contributed by atoms with E-state index in [1.165, 1.54) is 12.3 Å². The summed E-state index contributed by atoms with van der Waals surface area (Å²) in [5, 5.41) is 0. The normalized spacial score (nSPS) is 13.7. The molecule has 0 spiro atoms. The van der Waals surface area contributed by atoms with E-state index >= 15 is 0 Å². The van der Waals surface area contributed by atoms with Crippen molar-refractivity contribution in [2.45, 2.75) is 19.1 Å². The lowest BCUT2D eigenvalue weighted by molar-refractivity contribution is -0.154. The maximum Gasteiger partial charge on any atom is 0.422 e. The van der Waals surface area contributed by atoms with Crippen molar-refractivity contribution >= 4 is 0 Å². The second-order valence-corrected chi connectivity index (χ2v) is 3.12. The van der Waals surface area contributed by atoms with E-state index in [2.05, 4.69) is 9.72 Å². The molecule has 0 radical (unpaired) electrons. The molecule has 1 atom stereocenters. The van der Waals surface area contributed by atoms with Crippen molar-refractivity contribution in [1.29, 1.82) is 0 Å². The Labute approximate surface area is 85.1 Å². The molecule has 0 aliphatic heterocycles. The fourth-order valence-electron chi connectivity index (χ4n) is 0.902. The third-order valence-electron chi connectivity index (χ3n) is 1.67. The molecule has 0 amide bonds. The van der Waals surface area contributed by atoms with Crippen molar-refractivity contribution in [3.05, 3.63) is 23.9 Å². The molecule has 1 aromatic heterocycles. The van der Waals surface area contributed by atoms with Crippen molar-refractivity contribution in [2.24, 2.45) is 5.73 Å². The van der Waals surface area contributed by atoms with Crippen LogP contribution in [0.5, 0.6) is 5.88 Å². The van der Waals surface area contributed by atoms with Crippen LogP contribution in [0.3, 0.4) is 0 Å². The van der Waals surface area contributed by atoms with Gasteiger partial charge < -0.3 is 10.5 Å². The second kappa shape index (κ2) is 4.48. The average Bonchev–Trinajstić information content (AvgIpc) is 2.14. The van der Waals surface area contributed by atoms with Crippen LogP contribution in [0.15, 0.2) is 18.3 Å². The molecule has 0 unspecified atom stereocenters. The first-order valence-electron chi connectivity index (χ1n) is 4.29. The zero-order valence-corrected chi connectivity index (χ0v) is 8.08. The van der Waals surface area contributed by atoms with Gasteiger partial charge in [-0.3, -0.25) is 0 Å². The van der Waals surface area contributed by atoms with E-state index in [0.29, 0.717) is 0 Å². The van der Waals surface area contributed by atoms with Gasteiger partial charge in [-0.05, 0) is 12.5 Å². The molecule has 1 aromatic rings. The van der Waals surface area contributed by atoms with E-state index in [9.17, 15) is 13.2 Å². The third-order valence-corrected chi connectivity index (χ3v) is 1.67. The Balaban J connectivity index is 2.57. The minimum absolute atomic E-state index is 0.0586. The molecule has 0 bridgehead atoms. The SMILES string of the molecule is C[C@H](N)c1ccc(OCC(F)(F)F)nc1. The number of halogens is 3. The molecule has 6 heteroatoms. The first kappa shape index (κ1) is 11.8. The smallest absolute Gasteiger partial charge is 0.422 e. The van der Waals surface area contributed by atoms with Crippen molar-refractivity contribution in [2.75, 3.05) is 6.61 Å². The number of nitrogens with two attached hydrogens (primary N) is 1. The Morgan fingerprint density at radius 3 is 2.53 bits per heavy atom. The van der Waals surface area contributed by atoms with Gasteiger partial charge in [-0.15, -0.1) is 0 Å². The maximum absolute atomic E-state index is 11.8. The van der Waals surface area contributed by atoms with Crippen molar-refractivity contribution in [3.8, 4) is 5.88 Å². The summed E-state index contributed by atoms with van der Waals surface area (Å²) in [6, 6.07) is 2.75. The minimum atomic E-state index is -4.35. The summed E-state index contributed by atoms with van der Waals surface area (Å²) in [4.78, 5) is 3.70. The monoisotopic (exact) mass is 220 g/mol. The highest BCUT2D eigenvalue weighted by atomic mass is 19.4. The van der Waals surface area contributed by atoms with Gasteiger partial charge in [0.05, 0.1) is 0 Å². The second-order valence-electron chi connectivity index (χ2n) is 3.12. The van der Waals surface area contributed by atoms with Gasteiger partial charge in [0.2, 0.25) is 5.88 Å². The van der Waals surface area contributed by atoms with Gasteiger partial charge in [-0.25, -0.2) is 4.98 Å². The molecule has 0 saturated heterocycles. The molecular formula is C9H11F3N2O. The van der Waals surface area contributed by atoms with Crippen LogP contribution in [0, 0.1) is 0 Å². The van der Waals surface area contributed by atoms with Gasteiger partial charge >= 0.3 is 6.18 Å². The van der Waals surface area contributed by atoms with Crippen molar-refractivity contribution < 1.29 is 17.9 Å². The number of hydrogen-bond acceptors (Lipinski definition) is 3. The van der Waals surface area contributed by atoms with E-state index < -0.39 is 12.8 Å². The molecular weight excluding hydrogens is 209 g/mol. The Hall–Kier alpha value is -1.30. The number of rotatable bonds is 3. The van der Waals surface area contributed by atoms with Crippen LogP contribution < -0.4 is 10.5 Å². The van der Waals surface area contributed by atoms with E-state index in [1.807, 2.05) is 0 Å². The fraction of sp³-hybridized carbons (Fsp3) is 0.444. The Bertz CT molecular complexity index is 308. The molecule has 0 aliphatic rings. The number of hydrogen-bond donors (Lipinski definition) is 1. The average molecular weight is 220 g/mol.